The number of esters is 1. The molecule has 1 aromatic rings. The first-order chi connectivity index (χ1) is 14.3. The highest BCUT2D eigenvalue weighted by Crippen LogP contribution is 2.45. The zero-order chi connectivity index (χ0) is 21.9. The average molecular weight is 411 g/mol. The van der Waals surface area contributed by atoms with Gasteiger partial charge in [0.2, 0.25) is 5.78 Å². The number of Topliss-reactive ketones (excluding diaryl/α,β-unsaturated/α-hetero) is 1. The van der Waals surface area contributed by atoms with Crippen molar-refractivity contribution in [2.75, 3.05) is 0 Å². The molecule has 2 heterocycles. The zero-order valence-electron chi connectivity index (χ0n) is 17.1. The second-order valence-electron chi connectivity index (χ2n) is 7.66. The predicted molar refractivity (Wildman–Crippen MR) is 111 cm³/mol. The lowest BCUT2D eigenvalue weighted by molar-refractivity contribution is -0.141. The van der Waals surface area contributed by atoms with Crippen molar-refractivity contribution in [2.45, 2.75) is 58.0 Å². The van der Waals surface area contributed by atoms with Gasteiger partial charge in [0.05, 0.1) is 5.69 Å². The second-order valence-corrected chi connectivity index (χ2v) is 7.66. The Kier molecular flexibility index (Phi) is 6.20. The number of hydrogen-bond acceptors (Lipinski definition) is 6. The Morgan fingerprint density at radius 2 is 1.93 bits per heavy atom. The molecule has 1 atom stereocenters. The number of aliphatic hydroxyl groups is 1. The summed E-state index contributed by atoms with van der Waals surface area (Å²) in [6, 6.07) is 1.57. The van der Waals surface area contributed by atoms with Crippen LogP contribution in [0.3, 0.4) is 0 Å². The van der Waals surface area contributed by atoms with Crippen LogP contribution in [0.1, 0.15) is 74.0 Å². The van der Waals surface area contributed by atoms with Gasteiger partial charge >= 0.3 is 11.9 Å². The first kappa shape index (κ1) is 21.5. The summed E-state index contributed by atoms with van der Waals surface area (Å²) in [4.78, 5) is 40.4. The van der Waals surface area contributed by atoms with Crippen molar-refractivity contribution >= 4 is 29.9 Å². The maximum atomic E-state index is 13.1. The van der Waals surface area contributed by atoms with Gasteiger partial charge in [-0.15, -0.1) is 0 Å². The molecule has 1 saturated heterocycles. The van der Waals surface area contributed by atoms with Gasteiger partial charge in [0.1, 0.15) is 11.3 Å². The molecule has 3 rings (SSSR count). The maximum absolute atomic E-state index is 13.1. The van der Waals surface area contributed by atoms with Crippen LogP contribution in [0.25, 0.3) is 12.2 Å². The zero-order valence-corrected chi connectivity index (χ0v) is 17.1. The summed E-state index contributed by atoms with van der Waals surface area (Å²) in [5.41, 5.74) is 0.0125. The summed E-state index contributed by atoms with van der Waals surface area (Å²) >= 11 is 0. The second kappa shape index (κ2) is 8.65. The summed E-state index contributed by atoms with van der Waals surface area (Å²) in [7, 11) is 0. The highest BCUT2D eigenvalue weighted by Gasteiger charge is 2.54. The number of aliphatic carboxylic acids is 1. The predicted octanol–water partition coefficient (Wildman–Crippen LogP) is 4.25. The summed E-state index contributed by atoms with van der Waals surface area (Å²) < 4.78 is 5.42. The standard InChI is InChI=1S/C23H25NO6/c1-3-4-5-6-7-8-18(25)20-17-12-14-11-15(9-10-19(26)27)24-13-16(14)21(28)23(17,2)30-22(20)29/h9-13,25H,3-8H2,1-2H3,(H,26,27)/b10-9-,20-18?. The van der Waals surface area contributed by atoms with Crippen LogP contribution >= 0.6 is 0 Å². The van der Waals surface area contributed by atoms with Crippen molar-refractivity contribution in [1.82, 2.24) is 4.98 Å². The fourth-order valence-electron chi connectivity index (χ4n) is 3.77. The van der Waals surface area contributed by atoms with E-state index in [1.54, 1.807) is 12.1 Å². The van der Waals surface area contributed by atoms with Crippen LogP contribution in [-0.2, 0) is 14.3 Å². The molecule has 0 spiro atoms. The third kappa shape index (κ3) is 4.06. The molecule has 1 aliphatic carbocycles. The normalized spacial score (nSPS) is 21.9. The molecule has 0 amide bonds. The third-order valence-corrected chi connectivity index (χ3v) is 5.42. The number of aliphatic hydroxyl groups excluding tert-OH is 1. The number of aromatic nitrogens is 1. The number of unbranched alkanes of at least 4 members (excludes halogenated alkanes) is 4. The molecular formula is C23H25NO6. The van der Waals surface area contributed by atoms with Gasteiger partial charge in [0.25, 0.3) is 0 Å². The van der Waals surface area contributed by atoms with E-state index in [2.05, 4.69) is 11.9 Å². The molecule has 0 radical (unpaired) electrons. The lowest BCUT2D eigenvalue weighted by atomic mass is 9.78. The Morgan fingerprint density at radius 1 is 1.20 bits per heavy atom. The molecule has 158 valence electrons. The fraction of sp³-hybridized carbons (Fsp3) is 0.391. The number of carbonyl (C=O) groups is 3. The molecular weight excluding hydrogens is 386 g/mol. The number of ketones is 1. The molecule has 1 aromatic heterocycles. The maximum Gasteiger partial charge on any atom is 0.343 e. The van der Waals surface area contributed by atoms with Crippen molar-refractivity contribution in [3.8, 4) is 0 Å². The first-order valence-electron chi connectivity index (χ1n) is 10.1. The van der Waals surface area contributed by atoms with Crippen molar-refractivity contribution < 1.29 is 29.3 Å². The average Bonchev–Trinajstić information content (AvgIpc) is 2.96. The lowest BCUT2D eigenvalue weighted by Crippen LogP contribution is -2.39. The van der Waals surface area contributed by atoms with Crippen LogP contribution in [0.2, 0.25) is 0 Å². The Morgan fingerprint density at radius 3 is 2.63 bits per heavy atom. The van der Waals surface area contributed by atoms with E-state index < -0.39 is 23.3 Å². The quantitative estimate of drug-likeness (QED) is 0.284. The number of carboxylic acids is 1. The van der Waals surface area contributed by atoms with E-state index in [-0.39, 0.29) is 16.9 Å². The number of allylic oxidation sites excluding steroid dienone is 1. The number of carbonyl (C=O) groups excluding carboxylic acids is 2. The molecule has 30 heavy (non-hydrogen) atoms. The van der Waals surface area contributed by atoms with Gasteiger partial charge in [-0.1, -0.05) is 32.6 Å². The van der Waals surface area contributed by atoms with Crippen molar-refractivity contribution in [3.05, 3.63) is 52.1 Å². The molecule has 1 fully saturated rings. The minimum atomic E-state index is -1.50. The summed E-state index contributed by atoms with van der Waals surface area (Å²) in [6.07, 6.45) is 10.6. The molecule has 0 saturated carbocycles. The topological polar surface area (TPSA) is 114 Å². The number of hydrogen-bond donors (Lipinski definition) is 2. The van der Waals surface area contributed by atoms with Crippen LogP contribution in [0.15, 0.2) is 35.2 Å². The number of rotatable bonds is 8. The number of nitrogens with zero attached hydrogens (tertiary/aromatic N) is 1. The van der Waals surface area contributed by atoms with E-state index in [1.807, 2.05) is 0 Å². The number of carboxylic acid groups (broad SMARTS) is 1. The van der Waals surface area contributed by atoms with E-state index >= 15 is 0 Å². The number of pyridine rings is 1. The molecule has 0 aromatic carbocycles. The Balaban J connectivity index is 1.96. The van der Waals surface area contributed by atoms with E-state index in [4.69, 9.17) is 9.84 Å². The van der Waals surface area contributed by atoms with Gasteiger partial charge in [0, 0.05) is 29.8 Å². The van der Waals surface area contributed by atoms with Gasteiger partial charge < -0.3 is 14.9 Å². The molecule has 0 bridgehead atoms. The van der Waals surface area contributed by atoms with E-state index in [0.29, 0.717) is 23.3 Å². The Labute approximate surface area is 174 Å². The molecule has 7 nitrogen and oxygen atoms in total. The smallest absolute Gasteiger partial charge is 0.343 e. The third-order valence-electron chi connectivity index (χ3n) is 5.42. The van der Waals surface area contributed by atoms with E-state index in [1.165, 1.54) is 19.2 Å². The van der Waals surface area contributed by atoms with Crippen molar-refractivity contribution in [3.63, 3.8) is 0 Å². The highest BCUT2D eigenvalue weighted by molar-refractivity contribution is 6.17. The minimum absolute atomic E-state index is 0.0476. The number of ether oxygens (including phenoxy) is 1. The first-order valence-corrected chi connectivity index (χ1v) is 10.1. The molecule has 7 heteroatoms. The summed E-state index contributed by atoms with van der Waals surface area (Å²) in [6.45, 7) is 3.64. The van der Waals surface area contributed by atoms with Gasteiger partial charge in [-0.05, 0) is 37.1 Å². The van der Waals surface area contributed by atoms with Crippen LogP contribution in [0.5, 0.6) is 0 Å². The minimum Gasteiger partial charge on any atom is -0.511 e. The van der Waals surface area contributed by atoms with Crippen molar-refractivity contribution in [2.24, 2.45) is 0 Å². The molecule has 2 aliphatic rings. The Hall–Kier alpha value is -3.22. The lowest BCUT2D eigenvalue weighted by Gasteiger charge is -2.27. The highest BCUT2D eigenvalue weighted by atomic mass is 16.6. The molecule has 2 N–H and O–H groups in total. The molecule has 1 aliphatic heterocycles. The Bertz CT molecular complexity index is 987. The van der Waals surface area contributed by atoms with Crippen LogP contribution in [-0.4, -0.2) is 38.5 Å². The largest absolute Gasteiger partial charge is 0.511 e. The van der Waals surface area contributed by atoms with Gasteiger partial charge in [-0.3, -0.25) is 9.78 Å². The van der Waals surface area contributed by atoms with Crippen LogP contribution in [0.4, 0.5) is 0 Å². The van der Waals surface area contributed by atoms with E-state index in [0.717, 1.165) is 38.2 Å². The van der Waals surface area contributed by atoms with Crippen molar-refractivity contribution in [1.29, 1.82) is 0 Å². The monoisotopic (exact) mass is 411 g/mol. The van der Waals surface area contributed by atoms with Gasteiger partial charge in [0.15, 0.2) is 5.60 Å². The van der Waals surface area contributed by atoms with E-state index in [9.17, 15) is 19.5 Å². The summed E-state index contributed by atoms with van der Waals surface area (Å²) in [5.74, 6) is -2.31. The van der Waals surface area contributed by atoms with Crippen LogP contribution in [0, 0.1) is 0 Å². The van der Waals surface area contributed by atoms with Gasteiger partial charge in [-0.2, -0.15) is 0 Å². The van der Waals surface area contributed by atoms with Crippen LogP contribution < -0.4 is 0 Å². The number of fused-ring (bicyclic) bond motifs is 2. The van der Waals surface area contributed by atoms with Gasteiger partial charge in [-0.25, -0.2) is 9.59 Å². The summed E-state index contributed by atoms with van der Waals surface area (Å²) in [5, 5.41) is 19.4. The fourth-order valence-corrected chi connectivity index (χ4v) is 3.77. The molecule has 1 unspecified atom stereocenters. The SMILES string of the molecule is CCCCCCCC(O)=C1C(=O)OC2(C)C(=O)c3cnc(/C=C\C(=O)O)cc3C=C12.